The largest absolute Gasteiger partial charge is 0.384 e. The molecule has 0 saturated heterocycles. The number of nitrogens with two attached hydrogens (primary N) is 1. The molecule has 2 aromatic rings. The Morgan fingerprint density at radius 2 is 2.23 bits per heavy atom. The highest BCUT2D eigenvalue weighted by Gasteiger charge is 2.06. The lowest BCUT2D eigenvalue weighted by atomic mass is 10.1. The van der Waals surface area contributed by atoms with E-state index >= 15 is 0 Å². The summed E-state index contributed by atoms with van der Waals surface area (Å²) in [5.41, 5.74) is 8.45. The number of aryl methyl sites for hydroxylation is 1. The zero-order chi connectivity index (χ0) is 9.42. The normalized spacial score (nSPS) is 10.5. The molecule has 13 heavy (non-hydrogen) atoms. The quantitative estimate of drug-likeness (QED) is 0.446. The third-order valence-electron chi connectivity index (χ3n) is 2.21. The van der Waals surface area contributed by atoms with E-state index in [1.165, 1.54) is 5.56 Å². The van der Waals surface area contributed by atoms with Crippen LogP contribution in [0.3, 0.4) is 0 Å². The molecule has 4 N–H and O–H groups in total. The van der Waals surface area contributed by atoms with Crippen molar-refractivity contribution in [1.82, 2.24) is 4.98 Å². The Hall–Kier alpha value is -1.77. The number of rotatable bonds is 1. The molecular weight excluding hydrogens is 162 g/mol. The van der Waals surface area contributed by atoms with E-state index in [-0.39, 0.29) is 5.84 Å². The third kappa shape index (κ3) is 1.09. The van der Waals surface area contributed by atoms with Gasteiger partial charge in [0.25, 0.3) is 0 Å². The van der Waals surface area contributed by atoms with E-state index in [9.17, 15) is 0 Å². The molecule has 0 atom stereocenters. The van der Waals surface area contributed by atoms with Gasteiger partial charge < -0.3 is 10.7 Å². The van der Waals surface area contributed by atoms with E-state index in [4.69, 9.17) is 11.1 Å². The van der Waals surface area contributed by atoms with E-state index in [1.807, 2.05) is 25.1 Å². The van der Waals surface area contributed by atoms with Gasteiger partial charge in [0.05, 0.1) is 0 Å². The van der Waals surface area contributed by atoms with E-state index in [0.29, 0.717) is 0 Å². The summed E-state index contributed by atoms with van der Waals surface area (Å²) in [4.78, 5) is 3.12. The standard InChI is InChI=1S/C10H11N3/c1-6-3-2-4-7-8(10(11)12)5-13-9(6)7/h2-5,13H,1H3,(H3,11,12). The number of aromatic nitrogens is 1. The van der Waals surface area contributed by atoms with Crippen molar-refractivity contribution in [1.29, 1.82) is 5.41 Å². The number of benzene rings is 1. The van der Waals surface area contributed by atoms with Crippen molar-refractivity contribution in [2.75, 3.05) is 0 Å². The van der Waals surface area contributed by atoms with Gasteiger partial charge in [-0.2, -0.15) is 0 Å². The van der Waals surface area contributed by atoms with Gasteiger partial charge in [0.1, 0.15) is 5.84 Å². The maximum atomic E-state index is 7.36. The summed E-state index contributed by atoms with van der Waals surface area (Å²) in [5.74, 6) is 0.108. The van der Waals surface area contributed by atoms with Crippen molar-refractivity contribution in [2.45, 2.75) is 6.92 Å². The molecule has 0 aliphatic carbocycles. The number of amidine groups is 1. The van der Waals surface area contributed by atoms with Gasteiger partial charge in [-0.1, -0.05) is 18.2 Å². The van der Waals surface area contributed by atoms with Crippen LogP contribution in [0.2, 0.25) is 0 Å². The van der Waals surface area contributed by atoms with Crippen LogP contribution in [-0.2, 0) is 0 Å². The molecule has 0 aliphatic rings. The van der Waals surface area contributed by atoms with Crippen LogP contribution in [0.4, 0.5) is 0 Å². The van der Waals surface area contributed by atoms with Crippen molar-refractivity contribution >= 4 is 16.7 Å². The average Bonchev–Trinajstić information content (AvgIpc) is 2.48. The smallest absolute Gasteiger partial charge is 0.124 e. The molecule has 0 saturated carbocycles. The number of nitrogen functional groups attached to an aromatic ring is 1. The second-order valence-electron chi connectivity index (χ2n) is 3.11. The lowest BCUT2D eigenvalue weighted by Gasteiger charge is -1.96. The first-order valence-corrected chi connectivity index (χ1v) is 4.11. The van der Waals surface area contributed by atoms with Crippen LogP contribution in [0, 0.1) is 12.3 Å². The van der Waals surface area contributed by atoms with Crippen LogP contribution in [0.15, 0.2) is 24.4 Å². The number of H-pyrrole nitrogens is 1. The van der Waals surface area contributed by atoms with Gasteiger partial charge in [0.15, 0.2) is 0 Å². The highest BCUT2D eigenvalue weighted by atomic mass is 14.7. The number of nitrogens with one attached hydrogen (secondary N) is 2. The monoisotopic (exact) mass is 173 g/mol. The van der Waals surface area contributed by atoms with Crippen LogP contribution in [0.25, 0.3) is 10.9 Å². The van der Waals surface area contributed by atoms with Gasteiger partial charge in [-0.15, -0.1) is 0 Å². The van der Waals surface area contributed by atoms with Crippen molar-refractivity contribution in [3.8, 4) is 0 Å². The zero-order valence-corrected chi connectivity index (χ0v) is 7.39. The summed E-state index contributed by atoms with van der Waals surface area (Å²) in [6, 6.07) is 5.97. The highest BCUT2D eigenvalue weighted by Crippen LogP contribution is 2.20. The second-order valence-corrected chi connectivity index (χ2v) is 3.11. The Labute approximate surface area is 76.1 Å². The third-order valence-corrected chi connectivity index (χ3v) is 2.21. The Kier molecular flexibility index (Phi) is 1.59. The Bertz CT molecular complexity index is 468. The fraction of sp³-hybridized carbons (Fsp3) is 0.100. The predicted octanol–water partition coefficient (Wildman–Crippen LogP) is 1.76. The van der Waals surface area contributed by atoms with Crippen LogP contribution >= 0.6 is 0 Å². The van der Waals surface area contributed by atoms with Crippen LogP contribution in [-0.4, -0.2) is 10.8 Å². The molecule has 0 spiro atoms. The lowest BCUT2D eigenvalue weighted by Crippen LogP contribution is -2.09. The summed E-state index contributed by atoms with van der Waals surface area (Å²) in [6.45, 7) is 2.03. The first-order chi connectivity index (χ1) is 6.20. The van der Waals surface area contributed by atoms with E-state index < -0.39 is 0 Å². The maximum absolute atomic E-state index is 7.36. The van der Waals surface area contributed by atoms with Crippen LogP contribution in [0.1, 0.15) is 11.1 Å². The van der Waals surface area contributed by atoms with E-state index in [2.05, 4.69) is 4.98 Å². The molecule has 0 aliphatic heterocycles. The number of aromatic amines is 1. The minimum absolute atomic E-state index is 0.108. The summed E-state index contributed by atoms with van der Waals surface area (Å²) >= 11 is 0. The number of hydrogen-bond donors (Lipinski definition) is 3. The summed E-state index contributed by atoms with van der Waals surface area (Å²) < 4.78 is 0. The first kappa shape index (κ1) is 7.86. The van der Waals surface area contributed by atoms with E-state index in [0.717, 1.165) is 16.5 Å². The molecule has 2 rings (SSSR count). The van der Waals surface area contributed by atoms with Crippen molar-refractivity contribution in [2.24, 2.45) is 5.73 Å². The molecule has 1 aromatic carbocycles. The van der Waals surface area contributed by atoms with Crippen LogP contribution < -0.4 is 5.73 Å². The summed E-state index contributed by atoms with van der Waals surface area (Å²) in [6.07, 6.45) is 1.78. The summed E-state index contributed by atoms with van der Waals surface area (Å²) in [7, 11) is 0. The molecule has 0 amide bonds. The van der Waals surface area contributed by atoms with Gasteiger partial charge in [-0.3, -0.25) is 5.41 Å². The fourth-order valence-corrected chi connectivity index (χ4v) is 1.53. The Morgan fingerprint density at radius 3 is 2.92 bits per heavy atom. The van der Waals surface area contributed by atoms with Crippen LogP contribution in [0.5, 0.6) is 0 Å². The average molecular weight is 173 g/mol. The fourth-order valence-electron chi connectivity index (χ4n) is 1.53. The van der Waals surface area contributed by atoms with Gasteiger partial charge in [0.2, 0.25) is 0 Å². The van der Waals surface area contributed by atoms with Crippen molar-refractivity contribution in [3.63, 3.8) is 0 Å². The maximum Gasteiger partial charge on any atom is 0.124 e. The number of para-hydroxylation sites is 1. The topological polar surface area (TPSA) is 65.7 Å². The van der Waals surface area contributed by atoms with Crippen molar-refractivity contribution in [3.05, 3.63) is 35.5 Å². The van der Waals surface area contributed by atoms with E-state index in [1.54, 1.807) is 6.20 Å². The van der Waals surface area contributed by atoms with Crippen molar-refractivity contribution < 1.29 is 0 Å². The van der Waals surface area contributed by atoms with Gasteiger partial charge >= 0.3 is 0 Å². The molecule has 66 valence electrons. The second kappa shape index (κ2) is 2.62. The van der Waals surface area contributed by atoms with Gasteiger partial charge in [-0.05, 0) is 12.5 Å². The molecule has 0 fully saturated rings. The minimum Gasteiger partial charge on any atom is -0.384 e. The molecule has 1 heterocycles. The predicted molar refractivity (Wildman–Crippen MR) is 54.1 cm³/mol. The molecule has 0 unspecified atom stereocenters. The lowest BCUT2D eigenvalue weighted by molar-refractivity contribution is 1.40. The van der Waals surface area contributed by atoms with Gasteiger partial charge in [0, 0.05) is 22.7 Å². The van der Waals surface area contributed by atoms with Gasteiger partial charge in [-0.25, -0.2) is 0 Å². The Morgan fingerprint density at radius 1 is 1.46 bits per heavy atom. The number of fused-ring (bicyclic) bond motifs is 1. The molecular formula is C10H11N3. The SMILES string of the molecule is Cc1cccc2c(C(=N)N)c[nH]c12. The molecule has 0 bridgehead atoms. The zero-order valence-electron chi connectivity index (χ0n) is 7.39. The number of hydrogen-bond acceptors (Lipinski definition) is 1. The molecule has 1 aromatic heterocycles. The first-order valence-electron chi connectivity index (χ1n) is 4.11. The highest BCUT2D eigenvalue weighted by molar-refractivity contribution is 6.07. The Balaban J connectivity index is 2.83. The molecule has 3 nitrogen and oxygen atoms in total. The summed E-state index contributed by atoms with van der Waals surface area (Å²) in [5, 5.41) is 8.38. The minimum atomic E-state index is 0.108. The molecule has 3 heteroatoms. The molecule has 0 radical (unpaired) electrons.